The Kier molecular flexibility index (Phi) is 4.87. The monoisotopic (exact) mass is 440 g/mol. The number of rotatable bonds is 1. The number of fused-ring (bicyclic) bond motifs is 6. The van der Waals surface area contributed by atoms with Gasteiger partial charge in [0.15, 0.2) is 5.78 Å². The van der Waals surface area contributed by atoms with Crippen molar-refractivity contribution in [3.8, 4) is 0 Å². The quantitative estimate of drug-likeness (QED) is 0.463. The Morgan fingerprint density at radius 1 is 0.906 bits per heavy atom. The van der Waals surface area contributed by atoms with Crippen molar-refractivity contribution in [3.05, 3.63) is 11.1 Å². The van der Waals surface area contributed by atoms with E-state index in [1.807, 2.05) is 0 Å². The van der Waals surface area contributed by atoms with Crippen molar-refractivity contribution >= 4 is 5.78 Å². The second-order valence-corrected chi connectivity index (χ2v) is 14.7. The van der Waals surface area contributed by atoms with E-state index in [0.29, 0.717) is 35.4 Å². The first-order valence-electron chi connectivity index (χ1n) is 13.7. The zero-order chi connectivity index (χ0) is 23.5. The molecule has 0 aliphatic heterocycles. The van der Waals surface area contributed by atoms with E-state index in [9.17, 15) is 9.90 Å². The van der Waals surface area contributed by atoms with Crippen molar-refractivity contribution in [2.24, 2.45) is 50.7 Å². The molecule has 0 radical (unpaired) electrons. The predicted molar refractivity (Wildman–Crippen MR) is 131 cm³/mol. The lowest BCUT2D eigenvalue weighted by Crippen LogP contribution is -2.62. The van der Waals surface area contributed by atoms with Crippen LogP contribution in [0.4, 0.5) is 0 Å². The van der Waals surface area contributed by atoms with Crippen LogP contribution in [0.3, 0.4) is 0 Å². The van der Waals surface area contributed by atoms with Gasteiger partial charge in [-0.05, 0) is 95.9 Å². The van der Waals surface area contributed by atoms with Crippen LogP contribution in [0.5, 0.6) is 0 Å². The molecule has 0 unspecified atom stereocenters. The molecule has 0 spiro atoms. The van der Waals surface area contributed by atoms with Crippen LogP contribution in [0.1, 0.15) is 113 Å². The summed E-state index contributed by atoms with van der Waals surface area (Å²) in [4.78, 5) is 14.0. The smallest absolute Gasteiger partial charge is 0.159 e. The highest BCUT2D eigenvalue weighted by Gasteiger charge is 2.69. The SMILES string of the molecule is CC(C)[C@H]1CC[C@@H]2[C@]1(C)CC[C@]1(C)C3=C([C@@H](O)C[C@@]21C)[C@@]1(C)CCCC(C)(C)[C@@H]1CC3=O. The van der Waals surface area contributed by atoms with Crippen molar-refractivity contribution in [3.63, 3.8) is 0 Å². The van der Waals surface area contributed by atoms with Crippen molar-refractivity contribution in [2.45, 2.75) is 119 Å². The lowest BCUT2D eigenvalue weighted by molar-refractivity contribution is -0.149. The molecule has 0 aromatic heterocycles. The topological polar surface area (TPSA) is 37.3 Å². The lowest BCUT2D eigenvalue weighted by Gasteiger charge is -2.67. The Hall–Kier alpha value is -0.630. The standard InChI is InChI=1S/C30H48O2/c1-18(2)19-10-11-22-27(19,5)14-15-29(7)25-20(31)16-23-26(3,4)12-9-13-28(23,6)24(25)21(32)17-30(22,29)8/h18-19,21-23,32H,9-17H2,1-8H3/t19-,21+,22-,23+,27-,28+,29-,30+/m1/s1. The summed E-state index contributed by atoms with van der Waals surface area (Å²) in [6.45, 7) is 19.4. The maximum absolute atomic E-state index is 14.0. The van der Waals surface area contributed by atoms with E-state index in [2.05, 4.69) is 55.4 Å². The third kappa shape index (κ3) is 2.60. The number of ketones is 1. The first-order valence-corrected chi connectivity index (χ1v) is 13.7. The van der Waals surface area contributed by atoms with Crippen LogP contribution in [0, 0.1) is 50.7 Å². The van der Waals surface area contributed by atoms with Crippen molar-refractivity contribution in [2.75, 3.05) is 0 Å². The van der Waals surface area contributed by atoms with Gasteiger partial charge in [-0.15, -0.1) is 0 Å². The number of carbonyl (C=O) groups excluding carboxylic acids is 1. The van der Waals surface area contributed by atoms with Gasteiger partial charge < -0.3 is 5.11 Å². The van der Waals surface area contributed by atoms with Gasteiger partial charge in [-0.25, -0.2) is 0 Å². The second kappa shape index (κ2) is 6.73. The summed E-state index contributed by atoms with van der Waals surface area (Å²) >= 11 is 0. The van der Waals surface area contributed by atoms with Crippen LogP contribution in [-0.4, -0.2) is 17.0 Å². The number of hydrogen-bond acceptors (Lipinski definition) is 2. The van der Waals surface area contributed by atoms with E-state index in [0.717, 1.165) is 30.8 Å². The van der Waals surface area contributed by atoms with E-state index in [-0.39, 0.29) is 21.7 Å². The molecule has 0 amide bonds. The number of aliphatic hydroxyl groups is 1. The van der Waals surface area contributed by atoms with Crippen LogP contribution >= 0.6 is 0 Å². The van der Waals surface area contributed by atoms with Crippen LogP contribution in [-0.2, 0) is 4.79 Å². The first kappa shape index (κ1) is 23.1. The maximum atomic E-state index is 14.0. The van der Waals surface area contributed by atoms with Crippen LogP contribution in [0.2, 0.25) is 0 Å². The zero-order valence-electron chi connectivity index (χ0n) is 22.1. The van der Waals surface area contributed by atoms with Gasteiger partial charge in [0.2, 0.25) is 0 Å². The zero-order valence-corrected chi connectivity index (χ0v) is 22.1. The first-order chi connectivity index (χ1) is 14.7. The molecule has 1 N–H and O–H groups in total. The molecule has 8 atom stereocenters. The molecule has 5 rings (SSSR count). The summed E-state index contributed by atoms with van der Waals surface area (Å²) in [5, 5.41) is 11.9. The van der Waals surface area contributed by atoms with E-state index in [1.165, 1.54) is 37.7 Å². The molecule has 3 saturated carbocycles. The number of hydrogen-bond donors (Lipinski definition) is 1. The van der Waals surface area contributed by atoms with E-state index >= 15 is 0 Å². The predicted octanol–water partition coefficient (Wildman–Crippen LogP) is 7.35. The van der Waals surface area contributed by atoms with Crippen molar-refractivity contribution in [1.29, 1.82) is 0 Å². The van der Waals surface area contributed by atoms with Crippen LogP contribution in [0.15, 0.2) is 11.1 Å². The highest BCUT2D eigenvalue weighted by molar-refractivity contribution is 5.99. The Morgan fingerprint density at radius 2 is 1.59 bits per heavy atom. The molecule has 0 heterocycles. The number of carbonyl (C=O) groups is 1. The average molecular weight is 441 g/mol. The van der Waals surface area contributed by atoms with Gasteiger partial charge in [-0.3, -0.25) is 4.79 Å². The van der Waals surface area contributed by atoms with Crippen LogP contribution < -0.4 is 0 Å². The minimum absolute atomic E-state index is 0.00489. The summed E-state index contributed by atoms with van der Waals surface area (Å²) in [5.41, 5.74) is 2.69. The van der Waals surface area contributed by atoms with Gasteiger partial charge in [0, 0.05) is 17.4 Å². The number of Topliss-reactive ketones (excluding diaryl/α,β-unsaturated/α-hetero) is 1. The molecule has 0 aromatic carbocycles. The average Bonchev–Trinajstić information content (AvgIpc) is 3.03. The molecule has 5 aliphatic carbocycles. The Bertz CT molecular complexity index is 866. The number of allylic oxidation sites excluding steroid dienone is 1. The minimum Gasteiger partial charge on any atom is -0.389 e. The fourth-order valence-corrected chi connectivity index (χ4v) is 11.1. The largest absolute Gasteiger partial charge is 0.389 e. The van der Waals surface area contributed by atoms with Gasteiger partial charge in [-0.1, -0.05) is 61.8 Å². The molecule has 32 heavy (non-hydrogen) atoms. The second-order valence-electron chi connectivity index (χ2n) is 14.7. The molecule has 0 aromatic rings. The maximum Gasteiger partial charge on any atom is 0.159 e. The molecule has 0 saturated heterocycles. The van der Waals surface area contributed by atoms with Crippen molar-refractivity contribution < 1.29 is 9.90 Å². The van der Waals surface area contributed by atoms with Gasteiger partial charge in [0.25, 0.3) is 0 Å². The molecule has 2 heteroatoms. The summed E-state index contributed by atoms with van der Waals surface area (Å²) in [7, 11) is 0. The summed E-state index contributed by atoms with van der Waals surface area (Å²) in [6.07, 6.45) is 9.56. The summed E-state index contributed by atoms with van der Waals surface area (Å²) < 4.78 is 0. The van der Waals surface area contributed by atoms with Crippen molar-refractivity contribution in [1.82, 2.24) is 0 Å². The molecule has 180 valence electrons. The third-order valence-corrected chi connectivity index (χ3v) is 12.7. The van der Waals surface area contributed by atoms with E-state index in [4.69, 9.17) is 0 Å². The third-order valence-electron chi connectivity index (χ3n) is 12.7. The summed E-state index contributed by atoms with van der Waals surface area (Å²) in [5.74, 6) is 2.83. The summed E-state index contributed by atoms with van der Waals surface area (Å²) in [6, 6.07) is 0. The molecular formula is C30H48O2. The van der Waals surface area contributed by atoms with Gasteiger partial charge in [0.05, 0.1) is 6.10 Å². The van der Waals surface area contributed by atoms with E-state index < -0.39 is 6.10 Å². The van der Waals surface area contributed by atoms with Crippen LogP contribution in [0.25, 0.3) is 0 Å². The Balaban J connectivity index is 1.67. The fraction of sp³-hybridized carbons (Fsp3) is 0.900. The normalized spacial score (nSPS) is 52.4. The van der Waals surface area contributed by atoms with E-state index in [1.54, 1.807) is 0 Å². The fourth-order valence-electron chi connectivity index (χ4n) is 11.1. The lowest BCUT2D eigenvalue weighted by atomic mass is 9.37. The number of aliphatic hydroxyl groups excluding tert-OH is 1. The highest BCUT2D eigenvalue weighted by atomic mass is 16.3. The molecule has 2 nitrogen and oxygen atoms in total. The molecule has 5 aliphatic rings. The highest BCUT2D eigenvalue weighted by Crippen LogP contribution is 2.75. The molecular weight excluding hydrogens is 392 g/mol. The minimum atomic E-state index is -0.450. The molecule has 3 fully saturated rings. The van der Waals surface area contributed by atoms with Gasteiger partial charge >= 0.3 is 0 Å². The Morgan fingerprint density at radius 3 is 2.25 bits per heavy atom. The van der Waals surface area contributed by atoms with Gasteiger partial charge in [-0.2, -0.15) is 0 Å². The Labute approximate surface area is 197 Å². The molecule has 0 bridgehead atoms. The van der Waals surface area contributed by atoms with Gasteiger partial charge in [0.1, 0.15) is 0 Å².